The molecule has 1 aromatic rings. The van der Waals surface area contributed by atoms with Crippen molar-refractivity contribution in [2.24, 2.45) is 5.73 Å². The first-order chi connectivity index (χ1) is 7.74. The van der Waals surface area contributed by atoms with Crippen molar-refractivity contribution in [1.82, 2.24) is 0 Å². The molecule has 4 rings (SSSR count). The molecular formula is C14H17NO. The van der Waals surface area contributed by atoms with E-state index in [0.29, 0.717) is 5.41 Å². The van der Waals surface area contributed by atoms with Crippen molar-refractivity contribution >= 4 is 0 Å². The number of hydrogen-bond donors (Lipinski definition) is 1. The van der Waals surface area contributed by atoms with E-state index in [1.165, 1.54) is 36.8 Å². The molecule has 0 bridgehead atoms. The minimum Gasteiger partial charge on any atom is -0.493 e. The van der Waals surface area contributed by atoms with Gasteiger partial charge in [-0.25, -0.2) is 0 Å². The Hall–Kier alpha value is -1.02. The fourth-order valence-corrected chi connectivity index (χ4v) is 3.30. The summed E-state index contributed by atoms with van der Waals surface area (Å²) in [6.45, 7) is 0.847. The van der Waals surface area contributed by atoms with Gasteiger partial charge in [0.25, 0.3) is 0 Å². The van der Waals surface area contributed by atoms with Gasteiger partial charge in [0, 0.05) is 17.4 Å². The highest BCUT2D eigenvalue weighted by atomic mass is 16.5. The van der Waals surface area contributed by atoms with Gasteiger partial charge in [0.1, 0.15) is 5.75 Å². The Balaban J connectivity index is 1.78. The first kappa shape index (κ1) is 9.06. The predicted molar refractivity (Wildman–Crippen MR) is 62.7 cm³/mol. The molecule has 84 valence electrons. The Bertz CT molecular complexity index is 458. The molecule has 2 fully saturated rings. The third-order valence-electron chi connectivity index (χ3n) is 4.73. The van der Waals surface area contributed by atoms with Gasteiger partial charge in [-0.2, -0.15) is 0 Å². The zero-order chi connectivity index (χ0) is 10.8. The van der Waals surface area contributed by atoms with Crippen LogP contribution in [0, 0.1) is 0 Å². The Kier molecular flexibility index (Phi) is 1.48. The molecule has 0 spiro atoms. The number of benzene rings is 1. The third-order valence-corrected chi connectivity index (χ3v) is 4.73. The van der Waals surface area contributed by atoms with E-state index in [4.69, 9.17) is 10.5 Å². The second-order valence-electron chi connectivity index (χ2n) is 5.66. The third kappa shape index (κ3) is 1.01. The van der Waals surface area contributed by atoms with Crippen molar-refractivity contribution in [2.75, 3.05) is 6.61 Å². The fraction of sp³-hybridized carbons (Fsp3) is 0.571. The number of ether oxygens (including phenoxy) is 1. The smallest absolute Gasteiger partial charge is 0.122 e. The summed E-state index contributed by atoms with van der Waals surface area (Å²) in [6, 6.07) is 6.73. The summed E-state index contributed by atoms with van der Waals surface area (Å²) < 4.78 is 5.56. The number of fused-ring (bicyclic) bond motifs is 1. The summed E-state index contributed by atoms with van der Waals surface area (Å²) >= 11 is 0. The van der Waals surface area contributed by atoms with E-state index in [0.717, 1.165) is 18.8 Å². The molecule has 16 heavy (non-hydrogen) atoms. The molecular weight excluding hydrogens is 198 g/mol. The van der Waals surface area contributed by atoms with Gasteiger partial charge < -0.3 is 10.5 Å². The molecule has 3 aliphatic rings. The van der Waals surface area contributed by atoms with E-state index >= 15 is 0 Å². The van der Waals surface area contributed by atoms with Crippen LogP contribution in [0.25, 0.3) is 0 Å². The van der Waals surface area contributed by atoms with Crippen molar-refractivity contribution in [3.63, 3.8) is 0 Å². The van der Waals surface area contributed by atoms with Gasteiger partial charge in [-0.1, -0.05) is 12.1 Å². The Morgan fingerprint density at radius 1 is 1.12 bits per heavy atom. The topological polar surface area (TPSA) is 35.2 Å². The Labute approximate surface area is 95.8 Å². The molecule has 0 unspecified atom stereocenters. The van der Waals surface area contributed by atoms with Crippen molar-refractivity contribution < 1.29 is 4.74 Å². The first-order valence-corrected chi connectivity index (χ1v) is 6.29. The maximum absolute atomic E-state index is 6.43. The van der Waals surface area contributed by atoms with Gasteiger partial charge in [-0.05, 0) is 42.9 Å². The highest BCUT2D eigenvalue weighted by Crippen LogP contribution is 2.63. The van der Waals surface area contributed by atoms with Crippen LogP contribution in [-0.2, 0) is 11.8 Å². The molecule has 2 heteroatoms. The largest absolute Gasteiger partial charge is 0.493 e. The lowest BCUT2D eigenvalue weighted by molar-refractivity contribution is 0.356. The van der Waals surface area contributed by atoms with Crippen LogP contribution in [0.15, 0.2) is 18.2 Å². The second kappa shape index (κ2) is 2.62. The van der Waals surface area contributed by atoms with Crippen LogP contribution >= 0.6 is 0 Å². The van der Waals surface area contributed by atoms with Crippen molar-refractivity contribution in [2.45, 2.75) is 43.1 Å². The minimum atomic E-state index is 0.126. The number of rotatable bonds is 2. The molecule has 2 N–H and O–H groups in total. The van der Waals surface area contributed by atoms with Crippen LogP contribution in [0.5, 0.6) is 5.75 Å². The van der Waals surface area contributed by atoms with Crippen LogP contribution in [0.2, 0.25) is 0 Å². The second-order valence-corrected chi connectivity index (χ2v) is 5.66. The highest BCUT2D eigenvalue weighted by molar-refractivity contribution is 5.47. The summed E-state index contributed by atoms with van der Waals surface area (Å²) in [5.74, 6) is 1.08. The Morgan fingerprint density at radius 2 is 1.94 bits per heavy atom. The van der Waals surface area contributed by atoms with E-state index in [2.05, 4.69) is 18.2 Å². The van der Waals surface area contributed by atoms with Gasteiger partial charge in [0.15, 0.2) is 0 Å². The molecule has 1 aromatic carbocycles. The summed E-state index contributed by atoms with van der Waals surface area (Å²) in [6.07, 6.45) is 6.05. The molecule has 1 heterocycles. The van der Waals surface area contributed by atoms with E-state index in [1.807, 2.05) is 0 Å². The molecule has 0 saturated heterocycles. The average Bonchev–Trinajstić information content (AvgIpc) is 3.18. The molecule has 2 aliphatic carbocycles. The lowest BCUT2D eigenvalue weighted by Gasteiger charge is -2.23. The van der Waals surface area contributed by atoms with Crippen molar-refractivity contribution in [3.05, 3.63) is 29.3 Å². The van der Waals surface area contributed by atoms with Crippen LogP contribution < -0.4 is 10.5 Å². The van der Waals surface area contributed by atoms with Crippen LogP contribution in [-0.4, -0.2) is 12.1 Å². The molecule has 0 amide bonds. The normalized spacial score (nSPS) is 27.1. The van der Waals surface area contributed by atoms with Crippen molar-refractivity contribution in [3.8, 4) is 5.75 Å². The number of nitrogens with two attached hydrogens (primary N) is 1. The summed E-state index contributed by atoms with van der Waals surface area (Å²) in [5, 5.41) is 0. The van der Waals surface area contributed by atoms with Crippen LogP contribution in [0.1, 0.15) is 36.8 Å². The monoisotopic (exact) mass is 215 g/mol. The van der Waals surface area contributed by atoms with E-state index < -0.39 is 0 Å². The van der Waals surface area contributed by atoms with Gasteiger partial charge in [0.05, 0.1) is 6.61 Å². The SMILES string of the molecule is NC1(C2(c3ccc4c(c3)CCO4)CC2)CC1. The van der Waals surface area contributed by atoms with Crippen molar-refractivity contribution in [1.29, 1.82) is 0 Å². The lowest BCUT2D eigenvalue weighted by Crippen LogP contribution is -2.37. The van der Waals surface area contributed by atoms with E-state index in [1.54, 1.807) is 0 Å². The molecule has 1 aliphatic heterocycles. The zero-order valence-corrected chi connectivity index (χ0v) is 9.46. The predicted octanol–water partition coefficient (Wildman–Crippen LogP) is 2.14. The standard InChI is InChI=1S/C14H17NO/c15-14(6-7-14)13(4-5-13)11-1-2-12-10(9-11)3-8-16-12/h1-2,9H,3-8,15H2. The Morgan fingerprint density at radius 3 is 2.62 bits per heavy atom. The van der Waals surface area contributed by atoms with Gasteiger partial charge in [0.2, 0.25) is 0 Å². The molecule has 0 aromatic heterocycles. The van der Waals surface area contributed by atoms with E-state index in [9.17, 15) is 0 Å². The van der Waals surface area contributed by atoms with Gasteiger partial charge >= 0.3 is 0 Å². The molecule has 0 radical (unpaired) electrons. The lowest BCUT2D eigenvalue weighted by atomic mass is 9.85. The summed E-state index contributed by atoms with van der Waals surface area (Å²) in [5.41, 5.74) is 9.73. The number of hydrogen-bond acceptors (Lipinski definition) is 2. The first-order valence-electron chi connectivity index (χ1n) is 6.29. The zero-order valence-electron chi connectivity index (χ0n) is 9.46. The van der Waals surface area contributed by atoms with E-state index in [-0.39, 0.29) is 5.54 Å². The van der Waals surface area contributed by atoms with Crippen LogP contribution in [0.4, 0.5) is 0 Å². The van der Waals surface area contributed by atoms with Crippen LogP contribution in [0.3, 0.4) is 0 Å². The summed E-state index contributed by atoms with van der Waals surface area (Å²) in [4.78, 5) is 0. The maximum Gasteiger partial charge on any atom is 0.122 e. The molecule has 2 nitrogen and oxygen atoms in total. The highest BCUT2D eigenvalue weighted by Gasteiger charge is 2.64. The summed E-state index contributed by atoms with van der Waals surface area (Å²) in [7, 11) is 0. The molecule has 0 atom stereocenters. The minimum absolute atomic E-state index is 0.126. The maximum atomic E-state index is 6.43. The fourth-order valence-electron chi connectivity index (χ4n) is 3.30. The van der Waals surface area contributed by atoms with Gasteiger partial charge in [-0.3, -0.25) is 0 Å². The average molecular weight is 215 g/mol. The molecule has 2 saturated carbocycles. The quantitative estimate of drug-likeness (QED) is 0.820. The van der Waals surface area contributed by atoms with Gasteiger partial charge in [-0.15, -0.1) is 0 Å².